The molecule has 2 nitrogen and oxygen atoms in total. The average Bonchev–Trinajstić information content (AvgIpc) is 1.91. The molecule has 0 bridgehead atoms. The third-order valence-corrected chi connectivity index (χ3v) is 1.97. The molecule has 0 aliphatic heterocycles. The summed E-state index contributed by atoms with van der Waals surface area (Å²) in [5.74, 6) is 0. The zero-order valence-electron chi connectivity index (χ0n) is 7.63. The van der Waals surface area contributed by atoms with Crippen molar-refractivity contribution in [3.8, 4) is 0 Å². The number of nitrogens with zero attached hydrogens (tertiary/aromatic N) is 2. The summed E-state index contributed by atoms with van der Waals surface area (Å²) >= 11 is 2.11. The standard InChI is InChI=1S/C9H13IN2/c1-9(2,3)4-7-5-11-8(10)12-6-7/h5-6H,4H2,1-3H3. The summed E-state index contributed by atoms with van der Waals surface area (Å²) in [6, 6.07) is 0. The Bertz CT molecular complexity index is 248. The number of aromatic nitrogens is 2. The predicted octanol–water partition coefficient (Wildman–Crippen LogP) is 2.67. The fourth-order valence-electron chi connectivity index (χ4n) is 1.04. The van der Waals surface area contributed by atoms with Crippen LogP contribution in [-0.4, -0.2) is 9.97 Å². The van der Waals surface area contributed by atoms with Crippen LogP contribution in [0.25, 0.3) is 0 Å². The minimum absolute atomic E-state index is 0.316. The van der Waals surface area contributed by atoms with Gasteiger partial charge in [0.25, 0.3) is 0 Å². The molecule has 3 heteroatoms. The molecule has 0 aliphatic carbocycles. The Hall–Kier alpha value is -0.190. The molecule has 0 saturated carbocycles. The number of rotatable bonds is 1. The number of hydrogen-bond acceptors (Lipinski definition) is 2. The fourth-order valence-corrected chi connectivity index (χ4v) is 1.32. The largest absolute Gasteiger partial charge is 0.231 e. The molecule has 1 aromatic rings. The van der Waals surface area contributed by atoms with Crippen LogP contribution in [0.5, 0.6) is 0 Å². The van der Waals surface area contributed by atoms with Crippen molar-refractivity contribution in [2.45, 2.75) is 27.2 Å². The van der Waals surface area contributed by atoms with Gasteiger partial charge in [0.2, 0.25) is 0 Å². The van der Waals surface area contributed by atoms with E-state index in [2.05, 4.69) is 53.3 Å². The Morgan fingerprint density at radius 3 is 2.17 bits per heavy atom. The Morgan fingerprint density at radius 1 is 1.25 bits per heavy atom. The smallest absolute Gasteiger partial charge is 0.190 e. The molecule has 0 spiro atoms. The maximum absolute atomic E-state index is 4.14. The summed E-state index contributed by atoms with van der Waals surface area (Å²) < 4.78 is 0.810. The van der Waals surface area contributed by atoms with Gasteiger partial charge in [0.1, 0.15) is 0 Å². The SMILES string of the molecule is CC(C)(C)Cc1cnc(I)nc1. The molecule has 0 fully saturated rings. The monoisotopic (exact) mass is 276 g/mol. The first-order valence-electron chi connectivity index (χ1n) is 3.94. The van der Waals surface area contributed by atoms with Gasteiger partial charge < -0.3 is 0 Å². The molecule has 0 aromatic carbocycles. The Balaban J connectivity index is 2.71. The van der Waals surface area contributed by atoms with Crippen molar-refractivity contribution in [1.82, 2.24) is 9.97 Å². The second-order valence-electron chi connectivity index (χ2n) is 4.10. The van der Waals surface area contributed by atoms with Crippen molar-refractivity contribution in [2.75, 3.05) is 0 Å². The number of halogens is 1. The summed E-state index contributed by atoms with van der Waals surface area (Å²) in [5.41, 5.74) is 1.53. The minimum Gasteiger partial charge on any atom is -0.231 e. The average molecular weight is 276 g/mol. The summed E-state index contributed by atoms with van der Waals surface area (Å²) in [4.78, 5) is 8.28. The van der Waals surface area contributed by atoms with E-state index in [4.69, 9.17) is 0 Å². The van der Waals surface area contributed by atoms with E-state index >= 15 is 0 Å². The molecular formula is C9H13IN2. The zero-order chi connectivity index (χ0) is 9.19. The van der Waals surface area contributed by atoms with Crippen molar-refractivity contribution in [3.63, 3.8) is 0 Å². The number of hydrogen-bond donors (Lipinski definition) is 0. The normalized spacial score (nSPS) is 11.7. The van der Waals surface area contributed by atoms with Crippen molar-refractivity contribution in [1.29, 1.82) is 0 Å². The summed E-state index contributed by atoms with van der Waals surface area (Å²) in [7, 11) is 0. The van der Waals surface area contributed by atoms with Crippen LogP contribution in [0.3, 0.4) is 0 Å². The lowest BCUT2D eigenvalue weighted by molar-refractivity contribution is 0.410. The van der Waals surface area contributed by atoms with Gasteiger partial charge in [-0.25, -0.2) is 9.97 Å². The Kier molecular flexibility index (Phi) is 3.04. The van der Waals surface area contributed by atoms with Crippen LogP contribution >= 0.6 is 22.6 Å². The van der Waals surface area contributed by atoms with Crippen LogP contribution in [0.15, 0.2) is 12.4 Å². The topological polar surface area (TPSA) is 25.8 Å². The second-order valence-corrected chi connectivity index (χ2v) is 5.06. The molecule has 66 valence electrons. The summed E-state index contributed by atoms with van der Waals surface area (Å²) in [6.07, 6.45) is 4.84. The second kappa shape index (κ2) is 3.68. The van der Waals surface area contributed by atoms with Gasteiger partial charge in [-0.05, 0) is 17.4 Å². The van der Waals surface area contributed by atoms with Crippen molar-refractivity contribution in [3.05, 3.63) is 21.8 Å². The van der Waals surface area contributed by atoms with E-state index in [1.165, 1.54) is 5.56 Å². The minimum atomic E-state index is 0.316. The van der Waals surface area contributed by atoms with Crippen molar-refractivity contribution >= 4 is 22.6 Å². The van der Waals surface area contributed by atoms with Gasteiger partial charge in [-0.2, -0.15) is 0 Å². The van der Waals surface area contributed by atoms with E-state index in [9.17, 15) is 0 Å². The molecule has 0 saturated heterocycles. The molecule has 0 radical (unpaired) electrons. The highest BCUT2D eigenvalue weighted by molar-refractivity contribution is 14.1. The van der Waals surface area contributed by atoms with Crippen molar-refractivity contribution < 1.29 is 0 Å². The van der Waals surface area contributed by atoms with E-state index in [0.717, 1.165) is 10.3 Å². The molecule has 1 heterocycles. The van der Waals surface area contributed by atoms with Crippen LogP contribution in [0.1, 0.15) is 26.3 Å². The highest BCUT2D eigenvalue weighted by Gasteiger charge is 2.11. The first kappa shape index (κ1) is 9.89. The molecule has 12 heavy (non-hydrogen) atoms. The molecule has 1 aromatic heterocycles. The van der Waals surface area contributed by atoms with Gasteiger partial charge in [-0.15, -0.1) is 0 Å². The fraction of sp³-hybridized carbons (Fsp3) is 0.556. The van der Waals surface area contributed by atoms with Gasteiger partial charge in [0, 0.05) is 35.0 Å². The van der Waals surface area contributed by atoms with Gasteiger partial charge in [-0.3, -0.25) is 0 Å². The lowest BCUT2D eigenvalue weighted by Crippen LogP contribution is -2.09. The van der Waals surface area contributed by atoms with Gasteiger partial charge in [0.15, 0.2) is 3.83 Å². The maximum Gasteiger partial charge on any atom is 0.190 e. The van der Waals surface area contributed by atoms with Crippen LogP contribution in [0, 0.1) is 9.25 Å². The van der Waals surface area contributed by atoms with E-state index < -0.39 is 0 Å². The zero-order valence-corrected chi connectivity index (χ0v) is 9.79. The third kappa shape index (κ3) is 3.47. The van der Waals surface area contributed by atoms with Crippen LogP contribution < -0.4 is 0 Å². The molecule has 0 unspecified atom stereocenters. The summed E-state index contributed by atoms with van der Waals surface area (Å²) in [5, 5.41) is 0. The van der Waals surface area contributed by atoms with E-state index in [-0.39, 0.29) is 0 Å². The molecule has 1 rings (SSSR count). The quantitative estimate of drug-likeness (QED) is 0.582. The van der Waals surface area contributed by atoms with Gasteiger partial charge in [0.05, 0.1) is 0 Å². The third-order valence-electron chi connectivity index (χ3n) is 1.41. The highest BCUT2D eigenvalue weighted by atomic mass is 127. The molecule has 0 N–H and O–H groups in total. The van der Waals surface area contributed by atoms with Gasteiger partial charge in [-0.1, -0.05) is 20.8 Å². The molecule has 0 aliphatic rings. The predicted molar refractivity (Wildman–Crippen MR) is 57.9 cm³/mol. The molecule has 0 atom stereocenters. The Morgan fingerprint density at radius 2 is 1.75 bits per heavy atom. The van der Waals surface area contributed by atoms with Crippen LogP contribution in [0.4, 0.5) is 0 Å². The first-order chi connectivity index (χ1) is 5.47. The van der Waals surface area contributed by atoms with Gasteiger partial charge >= 0.3 is 0 Å². The van der Waals surface area contributed by atoms with E-state index in [0.29, 0.717) is 5.41 Å². The van der Waals surface area contributed by atoms with Crippen LogP contribution in [-0.2, 0) is 6.42 Å². The lowest BCUT2D eigenvalue weighted by atomic mass is 9.89. The lowest BCUT2D eigenvalue weighted by Gasteiger charge is -2.17. The Labute approximate surface area is 87.0 Å². The van der Waals surface area contributed by atoms with E-state index in [1.54, 1.807) is 0 Å². The first-order valence-corrected chi connectivity index (χ1v) is 5.02. The summed E-state index contributed by atoms with van der Waals surface area (Å²) in [6.45, 7) is 6.64. The maximum atomic E-state index is 4.14. The molecular weight excluding hydrogens is 263 g/mol. The van der Waals surface area contributed by atoms with E-state index in [1.807, 2.05) is 12.4 Å². The molecule has 0 amide bonds. The van der Waals surface area contributed by atoms with Crippen molar-refractivity contribution in [2.24, 2.45) is 5.41 Å². The van der Waals surface area contributed by atoms with Crippen LogP contribution in [0.2, 0.25) is 0 Å². The highest BCUT2D eigenvalue weighted by Crippen LogP contribution is 2.19.